The third-order valence-electron chi connectivity index (χ3n) is 5.23. The van der Waals surface area contributed by atoms with Crippen molar-refractivity contribution in [2.24, 2.45) is 0 Å². The van der Waals surface area contributed by atoms with Crippen LogP contribution in [0.3, 0.4) is 0 Å². The monoisotopic (exact) mass is 612 g/mol. The fourth-order valence-electron chi connectivity index (χ4n) is 3.14. The number of halogens is 10. The van der Waals surface area contributed by atoms with E-state index in [1.54, 1.807) is 0 Å². The highest BCUT2D eigenvalue weighted by atomic mass is 19.4. The molecular formula is C21H20F10N4O6. The van der Waals surface area contributed by atoms with Crippen LogP contribution >= 0.6 is 0 Å². The highest BCUT2D eigenvalue weighted by Crippen LogP contribution is 2.39. The molecule has 0 radical (unpaired) electrons. The minimum atomic E-state index is -5.78. The van der Waals surface area contributed by atoms with Crippen molar-refractivity contribution in [3.8, 4) is 0 Å². The number of rotatable bonds is 13. The molecule has 0 aliphatic carbocycles. The molecule has 41 heavy (non-hydrogen) atoms. The molecule has 0 saturated carbocycles. The van der Waals surface area contributed by atoms with Gasteiger partial charge in [0, 0.05) is 31.4 Å². The molecule has 0 saturated heterocycles. The summed E-state index contributed by atoms with van der Waals surface area (Å²) in [5.41, 5.74) is -0.366. The summed E-state index contributed by atoms with van der Waals surface area (Å²) in [7, 11) is 0. The molecule has 2 heterocycles. The lowest BCUT2D eigenvalue weighted by atomic mass is 10.1. The molecule has 0 bridgehead atoms. The molecule has 230 valence electrons. The van der Waals surface area contributed by atoms with Gasteiger partial charge < -0.3 is 20.2 Å². The van der Waals surface area contributed by atoms with Crippen molar-refractivity contribution in [3.05, 3.63) is 55.9 Å². The fourth-order valence-corrected chi connectivity index (χ4v) is 3.14. The van der Waals surface area contributed by atoms with Crippen molar-refractivity contribution < 1.29 is 63.3 Å². The molecule has 0 spiro atoms. The number of Topliss-reactive ketones (excluding diaryl/α,β-unsaturated/α-hetero) is 2. The van der Waals surface area contributed by atoms with Crippen LogP contribution in [0.5, 0.6) is 0 Å². The first-order chi connectivity index (χ1) is 18.7. The number of nitrogens with zero attached hydrogens (tertiary/aromatic N) is 4. The number of carbonyl (C=O) groups excluding carboxylic acids is 2. The molecule has 2 aromatic rings. The van der Waals surface area contributed by atoms with E-state index in [0.29, 0.717) is 4.57 Å². The molecule has 0 unspecified atom stereocenters. The van der Waals surface area contributed by atoms with Gasteiger partial charge in [-0.25, -0.2) is 17.9 Å². The maximum absolute atomic E-state index is 12.7. The standard InChI is InChI=1S/C11H10F6N2O3.C10H10F4N2O3/c12-5-7-1-2-9(19(21)22)18(7)6-8(20)3-4-10(13,14)11(15,16)17;11-5-7-1-2-9(16(18)19)15(7)6-8(17)3-4-10(12,13)14/h1-2H,3-6H2;1-2H,3-6H2/i12-1;11-1. The molecule has 10 nitrogen and oxygen atoms in total. The lowest BCUT2D eigenvalue weighted by Gasteiger charge is -2.18. The minimum absolute atomic E-state index is 0.118. The van der Waals surface area contributed by atoms with Crippen LogP contribution in [0.4, 0.5) is 55.5 Å². The number of alkyl halides is 10. The Morgan fingerprint density at radius 1 is 0.683 bits per heavy atom. The predicted molar refractivity (Wildman–Crippen MR) is 117 cm³/mol. The van der Waals surface area contributed by atoms with E-state index in [0.717, 1.165) is 28.8 Å². The number of nitro groups is 2. The van der Waals surface area contributed by atoms with E-state index in [1.165, 1.54) is 0 Å². The van der Waals surface area contributed by atoms with Gasteiger partial charge in [-0.15, -0.1) is 0 Å². The van der Waals surface area contributed by atoms with E-state index in [2.05, 4.69) is 0 Å². The largest absolute Gasteiger partial charge is 0.453 e. The van der Waals surface area contributed by atoms with Crippen LogP contribution < -0.4 is 0 Å². The Morgan fingerprint density at radius 3 is 1.34 bits per heavy atom. The number of hydrogen-bond donors (Lipinski definition) is 0. The molecule has 2 aromatic heterocycles. The number of carbonyl (C=O) groups is 2. The SMILES string of the molecule is O=C(CCC(F)(F)C(F)(F)F)Cn1c(C[18F])ccc1[N+](=O)[O-].O=C(CCC(F)(F)F)Cn1c(C[18F])ccc1[N+](=O)[O-]. The molecule has 0 N–H and O–H groups in total. The zero-order valence-electron chi connectivity index (χ0n) is 20.5. The first-order valence-electron chi connectivity index (χ1n) is 11.1. The van der Waals surface area contributed by atoms with Crippen LogP contribution in [0, 0.1) is 20.2 Å². The summed E-state index contributed by atoms with van der Waals surface area (Å²) in [6.45, 7) is -3.69. The maximum Gasteiger partial charge on any atom is 0.453 e. The summed E-state index contributed by atoms with van der Waals surface area (Å²) >= 11 is 0. The van der Waals surface area contributed by atoms with Gasteiger partial charge in [0.05, 0.1) is 6.42 Å². The van der Waals surface area contributed by atoms with Gasteiger partial charge in [-0.05, 0) is 22.0 Å². The summed E-state index contributed by atoms with van der Waals surface area (Å²) in [5.74, 6) is -8.14. The van der Waals surface area contributed by atoms with Crippen molar-refractivity contribution in [2.75, 3.05) is 0 Å². The summed E-state index contributed by atoms with van der Waals surface area (Å²) in [5, 5.41) is 21.3. The van der Waals surface area contributed by atoms with E-state index in [1.807, 2.05) is 0 Å². The number of hydrogen-bond acceptors (Lipinski definition) is 6. The first kappa shape index (κ1) is 35.0. The van der Waals surface area contributed by atoms with Crippen LogP contribution in [-0.2, 0) is 36.0 Å². The van der Waals surface area contributed by atoms with Crippen LogP contribution in [0.25, 0.3) is 0 Å². The topological polar surface area (TPSA) is 130 Å². The Balaban J connectivity index is 0.000000414. The smallest absolute Gasteiger partial charge is 0.358 e. The van der Waals surface area contributed by atoms with Gasteiger partial charge in [-0.1, -0.05) is 0 Å². The molecule has 0 amide bonds. The van der Waals surface area contributed by atoms with Crippen molar-refractivity contribution in [1.82, 2.24) is 9.13 Å². The molecule has 0 fully saturated rings. The van der Waals surface area contributed by atoms with E-state index >= 15 is 0 Å². The fraction of sp³-hybridized carbons (Fsp3) is 0.524. The average molecular weight is 612 g/mol. The predicted octanol–water partition coefficient (Wildman–Crippen LogP) is 6.19. The quantitative estimate of drug-likeness (QED) is 0.151. The third kappa shape index (κ3) is 10.5. The van der Waals surface area contributed by atoms with Gasteiger partial charge in [0.2, 0.25) is 0 Å². The lowest BCUT2D eigenvalue weighted by Crippen LogP contribution is -2.36. The van der Waals surface area contributed by atoms with Gasteiger partial charge in [-0.2, -0.15) is 35.1 Å². The van der Waals surface area contributed by atoms with Crippen molar-refractivity contribution in [1.29, 1.82) is 0 Å². The summed E-state index contributed by atoms with van der Waals surface area (Å²) in [4.78, 5) is 42.3. The molecule has 0 atom stereocenters. The van der Waals surface area contributed by atoms with E-state index in [-0.39, 0.29) is 11.4 Å². The molecule has 20 heteroatoms. The molecule has 0 aliphatic heterocycles. The summed E-state index contributed by atoms with van der Waals surface area (Å²) < 4.78 is 124. The first-order valence-corrected chi connectivity index (χ1v) is 11.1. The van der Waals surface area contributed by atoms with Gasteiger partial charge in [0.25, 0.3) is 0 Å². The highest BCUT2D eigenvalue weighted by molar-refractivity contribution is 5.79. The summed E-state index contributed by atoms with van der Waals surface area (Å²) in [6, 6.07) is 4.06. The normalized spacial score (nSPS) is 12.0. The van der Waals surface area contributed by atoms with Crippen molar-refractivity contribution in [3.63, 3.8) is 0 Å². The molecular weight excluding hydrogens is 592 g/mol. The highest BCUT2D eigenvalue weighted by Gasteiger charge is 2.56. The van der Waals surface area contributed by atoms with Gasteiger partial charge >= 0.3 is 29.9 Å². The average Bonchev–Trinajstić information content (AvgIpc) is 3.44. The second kappa shape index (κ2) is 14.1. The third-order valence-corrected chi connectivity index (χ3v) is 5.23. The van der Waals surface area contributed by atoms with Crippen LogP contribution in [0.15, 0.2) is 24.3 Å². The number of ketones is 2. The second-order valence-corrected chi connectivity index (χ2v) is 8.21. The number of aromatic nitrogens is 2. The van der Waals surface area contributed by atoms with E-state index in [4.69, 9.17) is 0 Å². The van der Waals surface area contributed by atoms with Gasteiger partial charge in [0.1, 0.15) is 24.5 Å². The Hall–Kier alpha value is -4.00. The van der Waals surface area contributed by atoms with E-state index in [9.17, 15) is 73.7 Å². The zero-order valence-corrected chi connectivity index (χ0v) is 20.5. The van der Waals surface area contributed by atoms with Gasteiger partial charge in [0.15, 0.2) is 24.9 Å². The van der Waals surface area contributed by atoms with Crippen molar-refractivity contribution >= 4 is 23.2 Å². The molecule has 0 aliphatic rings. The second-order valence-electron chi connectivity index (χ2n) is 8.21. The van der Waals surface area contributed by atoms with Gasteiger partial charge in [-0.3, -0.25) is 9.59 Å². The maximum atomic E-state index is 12.7. The van der Waals surface area contributed by atoms with Crippen LogP contribution in [-0.4, -0.2) is 48.8 Å². The minimum Gasteiger partial charge on any atom is -0.358 e. The van der Waals surface area contributed by atoms with E-state index < -0.39 is 103 Å². The Labute approximate surface area is 222 Å². The van der Waals surface area contributed by atoms with Crippen molar-refractivity contribution in [2.45, 2.75) is 70.4 Å². The lowest BCUT2D eigenvalue weighted by molar-refractivity contribution is -0.392. The molecule has 0 aromatic carbocycles. The Bertz CT molecular complexity index is 1240. The molecule has 2 rings (SSSR count). The summed E-state index contributed by atoms with van der Waals surface area (Å²) in [6.07, 6.45) is -15.3. The Kier molecular flexibility index (Phi) is 12.0. The van der Waals surface area contributed by atoms with Crippen LogP contribution in [0.1, 0.15) is 37.1 Å². The zero-order chi connectivity index (χ0) is 31.8. The Morgan fingerprint density at radius 2 is 1.05 bits per heavy atom. The van der Waals surface area contributed by atoms with Crippen LogP contribution in [0.2, 0.25) is 0 Å².